The number of ether oxygens (including phenoxy) is 1. The summed E-state index contributed by atoms with van der Waals surface area (Å²) in [6.07, 6.45) is 0.515. The van der Waals surface area contributed by atoms with Gasteiger partial charge in [0.15, 0.2) is 0 Å². The molecule has 0 spiro atoms. The van der Waals surface area contributed by atoms with Gasteiger partial charge in [0.1, 0.15) is 5.75 Å². The van der Waals surface area contributed by atoms with Gasteiger partial charge in [-0.15, -0.1) is 0 Å². The van der Waals surface area contributed by atoms with Crippen molar-refractivity contribution < 1.29 is 9.84 Å². The molecule has 3 heteroatoms. The van der Waals surface area contributed by atoms with Crippen molar-refractivity contribution in [3.05, 3.63) is 29.3 Å². The third-order valence-electron chi connectivity index (χ3n) is 2.82. The Morgan fingerprint density at radius 3 is 3.00 bits per heavy atom. The van der Waals surface area contributed by atoms with Crippen LogP contribution in [0.2, 0.25) is 0 Å². The van der Waals surface area contributed by atoms with E-state index in [1.54, 1.807) is 0 Å². The van der Waals surface area contributed by atoms with Crippen LogP contribution in [0.25, 0.3) is 0 Å². The molecule has 0 saturated carbocycles. The maximum absolute atomic E-state index is 10.00. The molecule has 0 saturated heterocycles. The highest BCUT2D eigenvalue weighted by Gasteiger charge is 2.15. The Kier molecular flexibility index (Phi) is 3.46. The SMILES string of the molecule is CC(C)NC[C@@H](O)c1ccc2c(c1)CCO2. The molecule has 0 amide bonds. The first-order valence-corrected chi connectivity index (χ1v) is 5.84. The molecule has 1 aromatic rings. The van der Waals surface area contributed by atoms with Crippen LogP contribution in [0.4, 0.5) is 0 Å². The summed E-state index contributed by atoms with van der Waals surface area (Å²) in [5.74, 6) is 0.966. The minimum Gasteiger partial charge on any atom is -0.493 e. The van der Waals surface area contributed by atoms with Crippen LogP contribution in [-0.2, 0) is 6.42 Å². The molecule has 16 heavy (non-hydrogen) atoms. The third kappa shape index (κ3) is 2.54. The number of benzene rings is 1. The molecule has 0 fully saturated rings. The van der Waals surface area contributed by atoms with Gasteiger partial charge in [0.25, 0.3) is 0 Å². The smallest absolute Gasteiger partial charge is 0.122 e. The minimum absolute atomic E-state index is 0.396. The highest BCUT2D eigenvalue weighted by molar-refractivity contribution is 5.40. The summed E-state index contributed by atoms with van der Waals surface area (Å²) < 4.78 is 5.43. The summed E-state index contributed by atoms with van der Waals surface area (Å²) in [5, 5.41) is 13.2. The molecule has 1 heterocycles. The van der Waals surface area contributed by atoms with Crippen molar-refractivity contribution in [1.29, 1.82) is 0 Å². The Labute approximate surface area is 96.4 Å². The number of fused-ring (bicyclic) bond motifs is 1. The van der Waals surface area contributed by atoms with E-state index in [1.165, 1.54) is 5.56 Å². The zero-order valence-corrected chi connectivity index (χ0v) is 9.86. The Morgan fingerprint density at radius 1 is 1.44 bits per heavy atom. The molecule has 2 rings (SSSR count). The molecule has 0 aliphatic carbocycles. The summed E-state index contributed by atoms with van der Waals surface area (Å²) in [5.41, 5.74) is 2.18. The maximum Gasteiger partial charge on any atom is 0.122 e. The number of hydrogen-bond donors (Lipinski definition) is 2. The Balaban J connectivity index is 2.03. The van der Waals surface area contributed by atoms with E-state index in [-0.39, 0.29) is 0 Å². The van der Waals surface area contributed by atoms with Gasteiger partial charge in [-0.25, -0.2) is 0 Å². The fraction of sp³-hybridized carbons (Fsp3) is 0.538. The number of hydrogen-bond acceptors (Lipinski definition) is 3. The van der Waals surface area contributed by atoms with Crippen LogP contribution >= 0.6 is 0 Å². The van der Waals surface area contributed by atoms with E-state index in [0.29, 0.717) is 12.6 Å². The van der Waals surface area contributed by atoms with Gasteiger partial charge in [-0.2, -0.15) is 0 Å². The van der Waals surface area contributed by atoms with E-state index in [2.05, 4.69) is 25.2 Å². The second kappa shape index (κ2) is 4.85. The molecule has 3 nitrogen and oxygen atoms in total. The number of aliphatic hydroxyl groups is 1. The fourth-order valence-corrected chi connectivity index (χ4v) is 1.88. The van der Waals surface area contributed by atoms with Crippen molar-refractivity contribution >= 4 is 0 Å². The van der Waals surface area contributed by atoms with E-state index in [4.69, 9.17) is 4.74 Å². The first-order valence-electron chi connectivity index (χ1n) is 5.84. The molecule has 2 N–H and O–H groups in total. The zero-order chi connectivity index (χ0) is 11.5. The van der Waals surface area contributed by atoms with Crippen molar-refractivity contribution in [3.8, 4) is 5.75 Å². The van der Waals surface area contributed by atoms with Gasteiger partial charge in [0, 0.05) is 19.0 Å². The lowest BCUT2D eigenvalue weighted by Crippen LogP contribution is -2.27. The van der Waals surface area contributed by atoms with Crippen LogP contribution in [0.3, 0.4) is 0 Å². The Morgan fingerprint density at radius 2 is 2.25 bits per heavy atom. The van der Waals surface area contributed by atoms with E-state index < -0.39 is 6.10 Å². The average molecular weight is 221 g/mol. The first-order chi connectivity index (χ1) is 7.66. The van der Waals surface area contributed by atoms with Gasteiger partial charge in [0.05, 0.1) is 12.7 Å². The van der Waals surface area contributed by atoms with Crippen molar-refractivity contribution in [2.24, 2.45) is 0 Å². The largest absolute Gasteiger partial charge is 0.493 e. The molecule has 1 atom stereocenters. The van der Waals surface area contributed by atoms with Crippen LogP contribution in [0.5, 0.6) is 5.75 Å². The lowest BCUT2D eigenvalue weighted by Gasteiger charge is -2.15. The van der Waals surface area contributed by atoms with Crippen LogP contribution in [-0.4, -0.2) is 24.3 Å². The monoisotopic (exact) mass is 221 g/mol. The summed E-state index contributed by atoms with van der Waals surface area (Å²) in [6.45, 7) is 5.50. The predicted molar refractivity (Wildman–Crippen MR) is 63.7 cm³/mol. The summed E-state index contributed by atoms with van der Waals surface area (Å²) >= 11 is 0. The quantitative estimate of drug-likeness (QED) is 0.812. The van der Waals surface area contributed by atoms with Gasteiger partial charge >= 0.3 is 0 Å². The average Bonchev–Trinajstić information content (AvgIpc) is 2.72. The number of nitrogens with one attached hydrogen (secondary N) is 1. The van der Waals surface area contributed by atoms with Crippen LogP contribution in [0.15, 0.2) is 18.2 Å². The lowest BCUT2D eigenvalue weighted by atomic mass is 10.0. The van der Waals surface area contributed by atoms with Crippen molar-refractivity contribution in [2.75, 3.05) is 13.2 Å². The van der Waals surface area contributed by atoms with E-state index in [1.807, 2.05) is 12.1 Å². The van der Waals surface area contributed by atoms with Crippen molar-refractivity contribution in [3.63, 3.8) is 0 Å². The molecular formula is C13H19NO2. The first kappa shape index (κ1) is 11.4. The van der Waals surface area contributed by atoms with Gasteiger partial charge in [-0.3, -0.25) is 0 Å². The standard InChI is InChI=1S/C13H19NO2/c1-9(2)14-8-12(15)10-3-4-13-11(7-10)5-6-16-13/h3-4,7,9,12,14-15H,5-6,8H2,1-2H3/t12-/m1/s1. The molecule has 1 aliphatic rings. The fourth-order valence-electron chi connectivity index (χ4n) is 1.88. The number of rotatable bonds is 4. The van der Waals surface area contributed by atoms with Crippen LogP contribution < -0.4 is 10.1 Å². The highest BCUT2D eigenvalue weighted by atomic mass is 16.5. The predicted octanol–water partition coefficient (Wildman–Crippen LogP) is 1.65. The molecule has 0 radical (unpaired) electrons. The molecule has 88 valence electrons. The molecule has 0 unspecified atom stereocenters. The third-order valence-corrected chi connectivity index (χ3v) is 2.82. The maximum atomic E-state index is 10.00. The van der Waals surface area contributed by atoms with E-state index in [0.717, 1.165) is 24.3 Å². The molecule has 0 bridgehead atoms. The summed E-state index contributed by atoms with van der Waals surface area (Å²) in [7, 11) is 0. The normalized spacial score (nSPS) is 16.0. The zero-order valence-electron chi connectivity index (χ0n) is 9.86. The van der Waals surface area contributed by atoms with E-state index in [9.17, 15) is 5.11 Å². The second-order valence-electron chi connectivity index (χ2n) is 4.54. The lowest BCUT2D eigenvalue weighted by molar-refractivity contribution is 0.171. The topological polar surface area (TPSA) is 41.5 Å². The van der Waals surface area contributed by atoms with Gasteiger partial charge in [-0.05, 0) is 23.3 Å². The van der Waals surface area contributed by atoms with Crippen molar-refractivity contribution in [1.82, 2.24) is 5.32 Å². The molecule has 0 aromatic heterocycles. The van der Waals surface area contributed by atoms with Crippen molar-refractivity contribution in [2.45, 2.75) is 32.4 Å². The minimum atomic E-state index is -0.437. The number of aliphatic hydroxyl groups excluding tert-OH is 1. The van der Waals surface area contributed by atoms with Crippen LogP contribution in [0, 0.1) is 0 Å². The second-order valence-corrected chi connectivity index (χ2v) is 4.54. The molecule has 1 aromatic carbocycles. The molecular weight excluding hydrogens is 202 g/mol. The Hall–Kier alpha value is -1.06. The Bertz CT molecular complexity index is 363. The van der Waals surface area contributed by atoms with Gasteiger partial charge < -0.3 is 15.2 Å². The summed E-state index contributed by atoms with van der Waals surface area (Å²) in [4.78, 5) is 0. The van der Waals surface area contributed by atoms with Gasteiger partial charge in [0.2, 0.25) is 0 Å². The molecule has 1 aliphatic heterocycles. The highest BCUT2D eigenvalue weighted by Crippen LogP contribution is 2.27. The summed E-state index contributed by atoms with van der Waals surface area (Å²) in [6, 6.07) is 6.34. The van der Waals surface area contributed by atoms with Crippen LogP contribution in [0.1, 0.15) is 31.1 Å². The van der Waals surface area contributed by atoms with Gasteiger partial charge in [-0.1, -0.05) is 19.9 Å². The van der Waals surface area contributed by atoms with E-state index >= 15 is 0 Å².